The summed E-state index contributed by atoms with van der Waals surface area (Å²) in [5.74, 6) is -0.664. The molecule has 0 aromatic carbocycles. The van der Waals surface area contributed by atoms with Crippen LogP contribution >= 0.6 is 0 Å². The van der Waals surface area contributed by atoms with Crippen LogP contribution in [0.3, 0.4) is 0 Å². The zero-order valence-electron chi connectivity index (χ0n) is 15.7. The van der Waals surface area contributed by atoms with Crippen molar-refractivity contribution in [1.29, 1.82) is 0 Å². The summed E-state index contributed by atoms with van der Waals surface area (Å²) >= 11 is 0. The van der Waals surface area contributed by atoms with Gasteiger partial charge < -0.3 is 5.11 Å². The molecule has 1 N–H and O–H groups in total. The highest BCUT2D eigenvalue weighted by Crippen LogP contribution is 2.11. The largest absolute Gasteiger partial charge is 0.481 e. The average molecular weight is 335 g/mol. The topological polar surface area (TPSA) is 37.3 Å². The SMILES string of the molecule is CCCC=CCC=CCC=CCCCCCCCCCCC(=O)O. The Morgan fingerprint density at radius 2 is 1.12 bits per heavy atom. The Labute approximate surface area is 149 Å². The van der Waals surface area contributed by atoms with E-state index in [1.807, 2.05) is 0 Å². The molecule has 0 bridgehead atoms. The molecule has 0 fully saturated rings. The van der Waals surface area contributed by atoms with Crippen LogP contribution in [-0.4, -0.2) is 11.1 Å². The van der Waals surface area contributed by atoms with Gasteiger partial charge in [0.05, 0.1) is 0 Å². The van der Waals surface area contributed by atoms with E-state index in [9.17, 15) is 4.79 Å². The first kappa shape index (κ1) is 22.7. The molecular weight excluding hydrogens is 296 g/mol. The Kier molecular flexibility index (Phi) is 18.7. The van der Waals surface area contributed by atoms with E-state index in [0.717, 1.165) is 25.7 Å². The Bertz CT molecular complexity index is 353. The summed E-state index contributed by atoms with van der Waals surface area (Å²) in [6, 6.07) is 0. The van der Waals surface area contributed by atoms with Gasteiger partial charge in [0.15, 0.2) is 0 Å². The summed E-state index contributed by atoms with van der Waals surface area (Å²) in [5.41, 5.74) is 0. The van der Waals surface area contributed by atoms with Crippen molar-refractivity contribution in [2.24, 2.45) is 0 Å². The fourth-order valence-corrected chi connectivity index (χ4v) is 2.54. The molecule has 0 aromatic rings. The minimum absolute atomic E-state index is 0.330. The Balaban J connectivity index is 3.21. The lowest BCUT2D eigenvalue weighted by molar-refractivity contribution is -0.137. The molecule has 0 aliphatic carbocycles. The molecule has 0 atom stereocenters. The van der Waals surface area contributed by atoms with Gasteiger partial charge in [-0.1, -0.05) is 88.3 Å². The van der Waals surface area contributed by atoms with E-state index in [1.165, 1.54) is 57.8 Å². The monoisotopic (exact) mass is 334 g/mol. The van der Waals surface area contributed by atoms with E-state index in [1.54, 1.807) is 0 Å². The predicted molar refractivity (Wildman–Crippen MR) is 105 cm³/mol. The molecule has 0 radical (unpaired) electrons. The summed E-state index contributed by atoms with van der Waals surface area (Å²) in [7, 11) is 0. The van der Waals surface area contributed by atoms with Crippen molar-refractivity contribution in [3.8, 4) is 0 Å². The second kappa shape index (κ2) is 19.7. The van der Waals surface area contributed by atoms with Gasteiger partial charge in [0.1, 0.15) is 0 Å². The minimum Gasteiger partial charge on any atom is -0.481 e. The van der Waals surface area contributed by atoms with Crippen LogP contribution in [0, 0.1) is 0 Å². The Hall–Kier alpha value is -1.31. The number of rotatable bonds is 17. The molecule has 0 unspecified atom stereocenters. The third-order valence-corrected chi connectivity index (χ3v) is 4.01. The highest BCUT2D eigenvalue weighted by molar-refractivity contribution is 5.66. The van der Waals surface area contributed by atoms with Crippen LogP contribution in [0.4, 0.5) is 0 Å². The van der Waals surface area contributed by atoms with Gasteiger partial charge in [-0.2, -0.15) is 0 Å². The van der Waals surface area contributed by atoms with E-state index < -0.39 is 5.97 Å². The van der Waals surface area contributed by atoms with Gasteiger partial charge in [0, 0.05) is 6.42 Å². The van der Waals surface area contributed by atoms with Gasteiger partial charge in [-0.25, -0.2) is 0 Å². The van der Waals surface area contributed by atoms with E-state index in [4.69, 9.17) is 5.11 Å². The lowest BCUT2D eigenvalue weighted by atomic mass is 10.1. The third-order valence-electron chi connectivity index (χ3n) is 4.01. The number of hydrogen-bond donors (Lipinski definition) is 1. The zero-order valence-corrected chi connectivity index (χ0v) is 15.7. The summed E-state index contributed by atoms with van der Waals surface area (Å²) < 4.78 is 0. The van der Waals surface area contributed by atoms with E-state index in [0.29, 0.717) is 6.42 Å². The second-order valence-corrected chi connectivity index (χ2v) is 6.44. The normalized spacial score (nSPS) is 12.0. The number of carboxylic acids is 1. The smallest absolute Gasteiger partial charge is 0.303 e. The molecule has 0 amide bonds. The number of hydrogen-bond acceptors (Lipinski definition) is 1. The molecule has 0 aliphatic heterocycles. The first-order valence-corrected chi connectivity index (χ1v) is 9.94. The molecule has 0 saturated carbocycles. The Morgan fingerprint density at radius 1 is 0.667 bits per heavy atom. The van der Waals surface area contributed by atoms with Crippen LogP contribution in [0.15, 0.2) is 36.5 Å². The lowest BCUT2D eigenvalue weighted by Gasteiger charge is -2.00. The van der Waals surface area contributed by atoms with Crippen molar-refractivity contribution >= 4 is 5.97 Å². The van der Waals surface area contributed by atoms with Crippen molar-refractivity contribution in [2.45, 2.75) is 96.8 Å². The number of carboxylic acid groups (broad SMARTS) is 1. The summed E-state index contributed by atoms with van der Waals surface area (Å²) in [6.45, 7) is 2.20. The van der Waals surface area contributed by atoms with Crippen molar-refractivity contribution in [1.82, 2.24) is 0 Å². The number of allylic oxidation sites excluding steroid dienone is 6. The summed E-state index contributed by atoms with van der Waals surface area (Å²) in [6.07, 6.45) is 29.2. The molecule has 0 rings (SSSR count). The molecule has 0 saturated heterocycles. The molecular formula is C22H38O2. The first-order chi connectivity index (χ1) is 11.8. The summed E-state index contributed by atoms with van der Waals surface area (Å²) in [5, 5.41) is 8.55. The van der Waals surface area contributed by atoms with Crippen molar-refractivity contribution in [3.05, 3.63) is 36.5 Å². The third kappa shape index (κ3) is 20.7. The molecule has 0 aromatic heterocycles. The van der Waals surface area contributed by atoms with Crippen LogP contribution in [0.1, 0.15) is 96.8 Å². The van der Waals surface area contributed by atoms with Crippen molar-refractivity contribution < 1.29 is 9.90 Å². The van der Waals surface area contributed by atoms with Crippen molar-refractivity contribution in [2.75, 3.05) is 0 Å². The molecule has 24 heavy (non-hydrogen) atoms. The fourth-order valence-electron chi connectivity index (χ4n) is 2.54. The number of aliphatic carboxylic acids is 1. The van der Waals surface area contributed by atoms with E-state index in [-0.39, 0.29) is 0 Å². The van der Waals surface area contributed by atoms with Gasteiger partial charge in [-0.15, -0.1) is 0 Å². The highest BCUT2D eigenvalue weighted by atomic mass is 16.4. The predicted octanol–water partition coefficient (Wildman–Crippen LogP) is 7.22. The highest BCUT2D eigenvalue weighted by Gasteiger charge is 1.96. The van der Waals surface area contributed by atoms with Crippen molar-refractivity contribution in [3.63, 3.8) is 0 Å². The number of unbranched alkanes of at least 4 members (excludes halogenated alkanes) is 9. The fraction of sp³-hybridized carbons (Fsp3) is 0.682. The second-order valence-electron chi connectivity index (χ2n) is 6.44. The molecule has 2 nitrogen and oxygen atoms in total. The van der Waals surface area contributed by atoms with E-state index in [2.05, 4.69) is 43.4 Å². The van der Waals surface area contributed by atoms with Gasteiger partial charge in [-0.05, 0) is 38.5 Å². The average Bonchev–Trinajstić information content (AvgIpc) is 2.56. The molecule has 0 heterocycles. The Morgan fingerprint density at radius 3 is 1.67 bits per heavy atom. The lowest BCUT2D eigenvalue weighted by Crippen LogP contribution is -1.93. The van der Waals surface area contributed by atoms with E-state index >= 15 is 0 Å². The van der Waals surface area contributed by atoms with Gasteiger partial charge >= 0.3 is 5.97 Å². The van der Waals surface area contributed by atoms with Gasteiger partial charge in [-0.3, -0.25) is 4.79 Å². The maximum Gasteiger partial charge on any atom is 0.303 e. The maximum atomic E-state index is 10.4. The molecule has 0 spiro atoms. The van der Waals surface area contributed by atoms with Crippen LogP contribution in [0.5, 0.6) is 0 Å². The molecule has 0 aliphatic rings. The van der Waals surface area contributed by atoms with Gasteiger partial charge in [0.25, 0.3) is 0 Å². The van der Waals surface area contributed by atoms with Crippen LogP contribution in [-0.2, 0) is 4.79 Å². The quantitative estimate of drug-likeness (QED) is 0.225. The number of carbonyl (C=O) groups is 1. The first-order valence-electron chi connectivity index (χ1n) is 9.94. The standard InChI is InChI=1S/C22H38O2/c1-2-3-4-5-6-7-8-9-10-11-12-13-14-15-16-17-18-19-20-21-22(23)24/h4-5,7-8,10-11H,2-3,6,9,12-21H2,1H3,(H,23,24). The maximum absolute atomic E-state index is 10.4. The molecule has 138 valence electrons. The van der Waals surface area contributed by atoms with Crippen LogP contribution in [0.25, 0.3) is 0 Å². The van der Waals surface area contributed by atoms with Crippen LogP contribution < -0.4 is 0 Å². The van der Waals surface area contributed by atoms with Gasteiger partial charge in [0.2, 0.25) is 0 Å². The zero-order chi connectivity index (χ0) is 17.7. The summed E-state index contributed by atoms with van der Waals surface area (Å²) in [4.78, 5) is 10.4. The molecule has 2 heteroatoms. The van der Waals surface area contributed by atoms with Crippen LogP contribution in [0.2, 0.25) is 0 Å². The minimum atomic E-state index is -0.664.